The zero-order valence-electron chi connectivity index (χ0n) is 21.1. The Morgan fingerprint density at radius 2 is 1.74 bits per heavy atom. The Morgan fingerprint density at radius 1 is 1.00 bits per heavy atom. The summed E-state index contributed by atoms with van der Waals surface area (Å²) < 4.78 is 35.4. The van der Waals surface area contributed by atoms with Crippen LogP contribution >= 0.6 is 12.2 Å². The van der Waals surface area contributed by atoms with Crippen molar-refractivity contribution in [3.8, 4) is 5.75 Å². The third kappa shape index (κ3) is 6.50. The number of ether oxygens (including phenoxy) is 1. The number of hydrogen-bond donors (Lipinski definition) is 2. The molecule has 2 N–H and O–H groups in total. The molecule has 1 saturated heterocycles. The van der Waals surface area contributed by atoms with Gasteiger partial charge < -0.3 is 25.0 Å². The minimum Gasteiger partial charge on any atom is -0.490 e. The van der Waals surface area contributed by atoms with Gasteiger partial charge in [0, 0.05) is 49.2 Å². The molecule has 0 amide bonds. The third-order valence-corrected chi connectivity index (χ3v) is 6.95. The molecule has 0 spiro atoms. The van der Waals surface area contributed by atoms with E-state index < -0.39 is 17.2 Å². The van der Waals surface area contributed by atoms with E-state index in [-0.39, 0.29) is 18.7 Å². The largest absolute Gasteiger partial charge is 0.490 e. The molecule has 5 rings (SSSR count). The van der Waals surface area contributed by atoms with E-state index in [0.717, 1.165) is 49.7 Å². The summed E-state index contributed by atoms with van der Waals surface area (Å²) in [6, 6.07) is 20.4. The van der Waals surface area contributed by atoms with Crippen LogP contribution in [0.5, 0.6) is 5.75 Å². The standard InChI is InChI=1S/C28H28F2N6O2S/c29-21-6-11-25(26(30)16-21)28(37,17-36-20-31-19-32-36)18-38-24-9-7-23(8-10-24)34-12-14-35(15-13-34)27(39)33-22-4-2-1-3-5-22/h1-11,16,19-20,37H,12-15,17-18H2,(H,33,39). The van der Waals surface area contributed by atoms with E-state index in [9.17, 15) is 13.9 Å². The number of aromatic nitrogens is 3. The Balaban J connectivity index is 1.19. The van der Waals surface area contributed by atoms with Crippen LogP contribution in [0.3, 0.4) is 0 Å². The first-order valence-electron chi connectivity index (χ1n) is 12.5. The molecule has 0 aliphatic carbocycles. The van der Waals surface area contributed by atoms with Crippen LogP contribution in [0.2, 0.25) is 0 Å². The lowest BCUT2D eigenvalue weighted by Gasteiger charge is -2.37. The zero-order chi connectivity index (χ0) is 27.2. The van der Waals surface area contributed by atoms with Crippen molar-refractivity contribution in [3.63, 3.8) is 0 Å². The van der Waals surface area contributed by atoms with Crippen LogP contribution in [0.15, 0.2) is 85.5 Å². The van der Waals surface area contributed by atoms with Gasteiger partial charge in [-0.3, -0.25) is 0 Å². The van der Waals surface area contributed by atoms with E-state index in [1.165, 1.54) is 23.4 Å². The lowest BCUT2D eigenvalue weighted by molar-refractivity contribution is -0.0297. The van der Waals surface area contributed by atoms with Crippen LogP contribution in [-0.2, 0) is 12.1 Å². The van der Waals surface area contributed by atoms with E-state index in [1.807, 2.05) is 42.5 Å². The molecule has 3 aromatic carbocycles. The maximum atomic E-state index is 14.6. The Kier molecular flexibility index (Phi) is 7.99. The van der Waals surface area contributed by atoms with Crippen molar-refractivity contribution in [1.29, 1.82) is 0 Å². The molecule has 4 aromatic rings. The van der Waals surface area contributed by atoms with Crippen molar-refractivity contribution >= 4 is 28.7 Å². The average Bonchev–Trinajstić information content (AvgIpc) is 3.45. The lowest BCUT2D eigenvalue weighted by Crippen LogP contribution is -2.50. The number of nitrogens with one attached hydrogen (secondary N) is 1. The number of rotatable bonds is 8. The van der Waals surface area contributed by atoms with Crippen molar-refractivity contribution in [1.82, 2.24) is 19.7 Å². The summed E-state index contributed by atoms with van der Waals surface area (Å²) >= 11 is 5.58. The molecule has 0 saturated carbocycles. The maximum Gasteiger partial charge on any atom is 0.173 e. The Bertz CT molecular complexity index is 1380. The molecule has 202 valence electrons. The quantitative estimate of drug-likeness (QED) is 0.319. The molecule has 1 aliphatic rings. The molecule has 1 aliphatic heterocycles. The molecular formula is C28H28F2N6O2S. The minimum absolute atomic E-state index is 0.0893. The van der Waals surface area contributed by atoms with E-state index in [4.69, 9.17) is 17.0 Å². The number of piperazine rings is 1. The molecule has 1 fully saturated rings. The summed E-state index contributed by atoms with van der Waals surface area (Å²) in [6.45, 7) is 2.78. The fourth-order valence-corrected chi connectivity index (χ4v) is 4.81. The highest BCUT2D eigenvalue weighted by molar-refractivity contribution is 7.80. The van der Waals surface area contributed by atoms with Crippen LogP contribution in [0.25, 0.3) is 0 Å². The molecule has 1 unspecified atom stereocenters. The first-order valence-corrected chi connectivity index (χ1v) is 12.9. The fourth-order valence-electron chi connectivity index (χ4n) is 4.51. The fraction of sp³-hybridized carbons (Fsp3) is 0.250. The molecule has 0 bridgehead atoms. The highest BCUT2D eigenvalue weighted by Gasteiger charge is 2.35. The van der Waals surface area contributed by atoms with Gasteiger partial charge in [-0.15, -0.1) is 0 Å². The zero-order valence-corrected chi connectivity index (χ0v) is 21.9. The maximum absolute atomic E-state index is 14.6. The normalized spacial score (nSPS) is 15.1. The monoisotopic (exact) mass is 550 g/mol. The molecule has 11 heteroatoms. The second kappa shape index (κ2) is 11.7. The number of hydrogen-bond acceptors (Lipinski definition) is 6. The smallest absolute Gasteiger partial charge is 0.173 e. The Hall–Kier alpha value is -4.09. The van der Waals surface area contributed by atoms with Gasteiger partial charge in [0.15, 0.2) is 5.11 Å². The molecule has 0 radical (unpaired) electrons. The second-order valence-corrected chi connectivity index (χ2v) is 9.69. The van der Waals surface area contributed by atoms with E-state index in [2.05, 4.69) is 25.2 Å². The summed E-state index contributed by atoms with van der Waals surface area (Å²) in [6.07, 6.45) is 2.72. The van der Waals surface area contributed by atoms with Gasteiger partial charge in [0.25, 0.3) is 0 Å². The van der Waals surface area contributed by atoms with Gasteiger partial charge in [0.05, 0.1) is 6.54 Å². The molecule has 39 heavy (non-hydrogen) atoms. The second-order valence-electron chi connectivity index (χ2n) is 9.30. The highest BCUT2D eigenvalue weighted by atomic mass is 32.1. The Labute approximate surface area is 230 Å². The van der Waals surface area contributed by atoms with Gasteiger partial charge >= 0.3 is 0 Å². The SMILES string of the molecule is OC(COc1ccc(N2CCN(C(=S)Nc3ccccc3)CC2)cc1)(Cn1cncn1)c1ccc(F)cc1F. The molecule has 2 heterocycles. The molecule has 1 aromatic heterocycles. The van der Waals surface area contributed by atoms with Gasteiger partial charge in [-0.05, 0) is 54.7 Å². The van der Waals surface area contributed by atoms with Crippen molar-refractivity contribution in [2.45, 2.75) is 12.1 Å². The van der Waals surface area contributed by atoms with E-state index in [0.29, 0.717) is 10.9 Å². The number of anilines is 2. The topological polar surface area (TPSA) is 78.7 Å². The van der Waals surface area contributed by atoms with Gasteiger partial charge in [-0.2, -0.15) is 5.10 Å². The van der Waals surface area contributed by atoms with Gasteiger partial charge in [-0.25, -0.2) is 18.4 Å². The van der Waals surface area contributed by atoms with Crippen molar-refractivity contribution in [2.24, 2.45) is 0 Å². The van der Waals surface area contributed by atoms with Crippen LogP contribution < -0.4 is 15.0 Å². The predicted octanol–water partition coefficient (Wildman–Crippen LogP) is 4.04. The summed E-state index contributed by atoms with van der Waals surface area (Å²) in [5, 5.41) is 19.4. The van der Waals surface area contributed by atoms with Gasteiger partial charge in [0.1, 0.15) is 42.2 Å². The van der Waals surface area contributed by atoms with E-state index in [1.54, 1.807) is 12.1 Å². The average molecular weight is 551 g/mol. The number of benzene rings is 3. The number of thiocarbonyl (C=S) groups is 1. The molecular weight excluding hydrogens is 522 g/mol. The summed E-state index contributed by atoms with van der Waals surface area (Å²) in [4.78, 5) is 8.29. The van der Waals surface area contributed by atoms with Crippen molar-refractivity contribution in [2.75, 3.05) is 43.0 Å². The Morgan fingerprint density at radius 3 is 2.41 bits per heavy atom. The number of halogens is 2. The van der Waals surface area contributed by atoms with Crippen LogP contribution in [0.1, 0.15) is 5.56 Å². The number of para-hydroxylation sites is 1. The van der Waals surface area contributed by atoms with Crippen LogP contribution in [0.4, 0.5) is 20.2 Å². The number of nitrogens with zero attached hydrogens (tertiary/aromatic N) is 5. The van der Waals surface area contributed by atoms with Gasteiger partial charge in [-0.1, -0.05) is 24.3 Å². The molecule has 8 nitrogen and oxygen atoms in total. The third-order valence-electron chi connectivity index (χ3n) is 6.59. The predicted molar refractivity (Wildman–Crippen MR) is 149 cm³/mol. The van der Waals surface area contributed by atoms with Gasteiger partial charge in [0.2, 0.25) is 0 Å². The number of aliphatic hydroxyl groups is 1. The first-order chi connectivity index (χ1) is 18.9. The van der Waals surface area contributed by atoms with Crippen molar-refractivity contribution < 1.29 is 18.6 Å². The van der Waals surface area contributed by atoms with Crippen LogP contribution in [-0.4, -0.2) is 62.7 Å². The molecule has 1 atom stereocenters. The highest BCUT2D eigenvalue weighted by Crippen LogP contribution is 2.29. The summed E-state index contributed by atoms with van der Waals surface area (Å²) in [5.74, 6) is -1.09. The lowest BCUT2D eigenvalue weighted by atomic mass is 9.94. The van der Waals surface area contributed by atoms with Crippen molar-refractivity contribution in [3.05, 3.63) is 103 Å². The van der Waals surface area contributed by atoms with Crippen LogP contribution in [0, 0.1) is 11.6 Å². The van der Waals surface area contributed by atoms with E-state index >= 15 is 0 Å². The first kappa shape index (κ1) is 26.5. The minimum atomic E-state index is -1.81. The summed E-state index contributed by atoms with van der Waals surface area (Å²) in [7, 11) is 0. The summed E-state index contributed by atoms with van der Waals surface area (Å²) in [5.41, 5.74) is 0.1000.